The van der Waals surface area contributed by atoms with Crippen LogP contribution in [0.1, 0.15) is 49.9 Å². The minimum absolute atomic E-state index is 0.0519. The van der Waals surface area contributed by atoms with Crippen molar-refractivity contribution in [2.75, 3.05) is 10.8 Å². The molecular formula is C31H37Cl2N3O4S. The highest BCUT2D eigenvalue weighted by molar-refractivity contribution is 7.92. The summed E-state index contributed by atoms with van der Waals surface area (Å²) >= 11 is 12.9. The number of nitrogens with zero attached hydrogens (tertiary/aromatic N) is 2. The first-order chi connectivity index (χ1) is 19.0. The maximum atomic E-state index is 14.1. The van der Waals surface area contributed by atoms with Gasteiger partial charge in [-0.3, -0.25) is 13.9 Å². The van der Waals surface area contributed by atoms with Crippen LogP contribution in [0.3, 0.4) is 0 Å². The summed E-state index contributed by atoms with van der Waals surface area (Å²) in [7, 11) is -4.17. The van der Waals surface area contributed by atoms with Gasteiger partial charge in [-0.2, -0.15) is 0 Å². The summed E-state index contributed by atoms with van der Waals surface area (Å²) in [5, 5.41) is 3.56. The second-order valence-electron chi connectivity index (χ2n) is 11.3. The number of amides is 2. The van der Waals surface area contributed by atoms with Crippen molar-refractivity contribution in [3.63, 3.8) is 0 Å². The van der Waals surface area contributed by atoms with E-state index in [9.17, 15) is 18.0 Å². The fraction of sp³-hybridized carbons (Fsp3) is 0.355. The molecule has 0 aliphatic heterocycles. The molecule has 0 aliphatic rings. The molecule has 0 bridgehead atoms. The number of benzene rings is 3. The number of anilines is 1. The zero-order valence-electron chi connectivity index (χ0n) is 24.5. The van der Waals surface area contributed by atoms with Crippen molar-refractivity contribution in [2.45, 2.75) is 71.5 Å². The molecule has 0 saturated carbocycles. The van der Waals surface area contributed by atoms with Gasteiger partial charge < -0.3 is 10.2 Å². The van der Waals surface area contributed by atoms with Gasteiger partial charge in [0.2, 0.25) is 11.8 Å². The molecule has 0 aromatic heterocycles. The van der Waals surface area contributed by atoms with E-state index in [1.165, 1.54) is 17.0 Å². The minimum Gasteiger partial charge on any atom is -0.350 e. The van der Waals surface area contributed by atoms with Crippen molar-refractivity contribution < 1.29 is 18.0 Å². The lowest BCUT2D eigenvalue weighted by Gasteiger charge is -2.34. The molecule has 0 saturated heterocycles. The standard InChI is InChI=1S/C31H37Cl2N3O4S/c1-20-12-15-24(16-13-20)41(39,40)36(28-17-21(2)11-14-22(28)3)19-29(37)35(23(4)30(38)34-31(5,6)7)18-25-26(32)9-8-10-27(25)33/h8-17,23H,18-19H2,1-7H3,(H,34,38)/t23-/m1/s1. The van der Waals surface area contributed by atoms with E-state index in [1.54, 1.807) is 50.2 Å². The van der Waals surface area contributed by atoms with Crippen molar-refractivity contribution >= 4 is 50.7 Å². The molecule has 3 aromatic rings. The van der Waals surface area contributed by atoms with Crippen LogP contribution in [-0.2, 0) is 26.2 Å². The fourth-order valence-electron chi connectivity index (χ4n) is 4.25. The van der Waals surface area contributed by atoms with Gasteiger partial charge in [-0.1, -0.05) is 59.1 Å². The van der Waals surface area contributed by atoms with Gasteiger partial charge in [0, 0.05) is 27.7 Å². The Morgan fingerprint density at radius 1 is 0.902 bits per heavy atom. The molecule has 0 fully saturated rings. The molecule has 0 aliphatic carbocycles. The first-order valence-corrected chi connectivity index (χ1v) is 15.4. The first kappa shape index (κ1) is 32.4. The van der Waals surface area contributed by atoms with Crippen molar-refractivity contribution in [1.82, 2.24) is 10.2 Å². The van der Waals surface area contributed by atoms with E-state index in [0.29, 0.717) is 26.9 Å². The Kier molecular flexibility index (Phi) is 10.2. The van der Waals surface area contributed by atoms with E-state index in [1.807, 2.05) is 46.8 Å². The molecular weight excluding hydrogens is 581 g/mol. The fourth-order valence-corrected chi connectivity index (χ4v) is 6.24. The lowest BCUT2D eigenvalue weighted by atomic mass is 10.1. The predicted octanol–water partition coefficient (Wildman–Crippen LogP) is 6.45. The number of hydrogen-bond donors (Lipinski definition) is 1. The summed E-state index contributed by atoms with van der Waals surface area (Å²) in [5.41, 5.74) is 2.69. The molecule has 3 aromatic carbocycles. The molecule has 41 heavy (non-hydrogen) atoms. The number of hydrogen-bond acceptors (Lipinski definition) is 4. The van der Waals surface area contributed by atoms with E-state index in [0.717, 1.165) is 15.4 Å². The highest BCUT2D eigenvalue weighted by Crippen LogP contribution is 2.30. The molecule has 0 radical (unpaired) electrons. The van der Waals surface area contributed by atoms with Crippen LogP contribution in [0.5, 0.6) is 0 Å². The zero-order valence-corrected chi connectivity index (χ0v) is 26.8. The SMILES string of the molecule is Cc1ccc(S(=O)(=O)N(CC(=O)N(Cc2c(Cl)cccc2Cl)[C@H](C)C(=O)NC(C)(C)C)c2cc(C)ccc2C)cc1. The van der Waals surface area contributed by atoms with E-state index < -0.39 is 40.0 Å². The van der Waals surface area contributed by atoms with Crippen LogP contribution in [0.15, 0.2) is 65.6 Å². The zero-order chi connectivity index (χ0) is 30.7. The number of aryl methyl sites for hydroxylation is 3. The third-order valence-electron chi connectivity index (χ3n) is 6.58. The monoisotopic (exact) mass is 617 g/mol. The van der Waals surface area contributed by atoms with Crippen molar-refractivity contribution in [3.8, 4) is 0 Å². The lowest BCUT2D eigenvalue weighted by Crippen LogP contribution is -2.54. The topological polar surface area (TPSA) is 86.8 Å². The molecule has 10 heteroatoms. The highest BCUT2D eigenvalue weighted by Gasteiger charge is 2.34. The summed E-state index contributed by atoms with van der Waals surface area (Å²) < 4.78 is 29.2. The van der Waals surface area contributed by atoms with Crippen molar-refractivity contribution in [1.29, 1.82) is 0 Å². The molecule has 0 spiro atoms. The summed E-state index contributed by atoms with van der Waals surface area (Å²) in [6.45, 7) is 12.0. The van der Waals surface area contributed by atoms with Crippen molar-refractivity contribution in [3.05, 3.63) is 93.0 Å². The number of halogens is 2. The molecule has 3 rings (SSSR count). The normalized spacial score (nSPS) is 12.5. The largest absolute Gasteiger partial charge is 0.350 e. The average Bonchev–Trinajstić information content (AvgIpc) is 2.87. The van der Waals surface area contributed by atoms with Gasteiger partial charge in [0.15, 0.2) is 0 Å². The van der Waals surface area contributed by atoms with E-state index >= 15 is 0 Å². The number of sulfonamides is 1. The van der Waals surface area contributed by atoms with Crippen LogP contribution in [0, 0.1) is 20.8 Å². The Labute approximate surface area is 253 Å². The Morgan fingerprint density at radius 3 is 2.02 bits per heavy atom. The quantitative estimate of drug-likeness (QED) is 0.299. The average molecular weight is 619 g/mol. The van der Waals surface area contributed by atoms with Crippen LogP contribution in [-0.4, -0.2) is 43.3 Å². The van der Waals surface area contributed by atoms with Gasteiger partial charge >= 0.3 is 0 Å². The van der Waals surface area contributed by atoms with E-state index in [-0.39, 0.29) is 11.4 Å². The summed E-state index contributed by atoms with van der Waals surface area (Å²) in [5.74, 6) is -0.983. The van der Waals surface area contributed by atoms with Crippen LogP contribution in [0.25, 0.3) is 0 Å². The van der Waals surface area contributed by atoms with Gasteiger partial charge in [0.1, 0.15) is 12.6 Å². The Bertz CT molecular complexity index is 1510. The van der Waals surface area contributed by atoms with Gasteiger partial charge in [-0.25, -0.2) is 8.42 Å². The Morgan fingerprint density at radius 2 is 1.46 bits per heavy atom. The van der Waals surface area contributed by atoms with Crippen molar-refractivity contribution in [2.24, 2.45) is 0 Å². The third-order valence-corrected chi connectivity index (χ3v) is 9.06. The molecule has 1 N–H and O–H groups in total. The summed E-state index contributed by atoms with van der Waals surface area (Å²) in [6.07, 6.45) is 0. The van der Waals surface area contributed by atoms with Crippen LogP contribution >= 0.6 is 23.2 Å². The number of carbonyl (C=O) groups is 2. The maximum absolute atomic E-state index is 14.1. The summed E-state index contributed by atoms with van der Waals surface area (Å²) in [4.78, 5) is 28.8. The molecule has 1 atom stereocenters. The van der Waals surface area contributed by atoms with Gasteiger partial charge in [0.05, 0.1) is 10.6 Å². The lowest BCUT2D eigenvalue weighted by molar-refractivity contribution is -0.140. The minimum atomic E-state index is -4.17. The third kappa shape index (κ3) is 8.03. The Balaban J connectivity index is 2.12. The van der Waals surface area contributed by atoms with E-state index in [4.69, 9.17) is 23.2 Å². The molecule has 0 unspecified atom stereocenters. The molecule has 0 heterocycles. The first-order valence-electron chi connectivity index (χ1n) is 13.2. The molecule has 220 valence electrons. The maximum Gasteiger partial charge on any atom is 0.264 e. The number of rotatable bonds is 9. The second-order valence-corrected chi connectivity index (χ2v) is 13.9. The van der Waals surface area contributed by atoms with Gasteiger partial charge in [-0.05, 0) is 89.9 Å². The van der Waals surface area contributed by atoms with Crippen LogP contribution in [0.2, 0.25) is 10.0 Å². The van der Waals surface area contributed by atoms with Gasteiger partial charge in [-0.15, -0.1) is 0 Å². The van der Waals surface area contributed by atoms with E-state index in [2.05, 4.69) is 5.32 Å². The highest BCUT2D eigenvalue weighted by atomic mass is 35.5. The number of carbonyl (C=O) groups excluding carboxylic acids is 2. The molecule has 2 amide bonds. The van der Waals surface area contributed by atoms with Crippen LogP contribution < -0.4 is 9.62 Å². The van der Waals surface area contributed by atoms with Gasteiger partial charge in [0.25, 0.3) is 10.0 Å². The summed E-state index contributed by atoms with van der Waals surface area (Å²) in [6, 6.07) is 15.9. The smallest absolute Gasteiger partial charge is 0.264 e. The second kappa shape index (κ2) is 12.8. The molecule has 7 nitrogen and oxygen atoms in total. The predicted molar refractivity (Wildman–Crippen MR) is 166 cm³/mol. The Hall–Kier alpha value is -3.07. The van der Waals surface area contributed by atoms with Crippen LogP contribution in [0.4, 0.5) is 5.69 Å². The number of nitrogens with one attached hydrogen (secondary N) is 1.